The zero-order valence-electron chi connectivity index (χ0n) is 21.1. The van der Waals surface area contributed by atoms with Crippen molar-refractivity contribution in [3.63, 3.8) is 0 Å². The molecule has 1 saturated carbocycles. The highest BCUT2D eigenvalue weighted by atomic mass is 16.5. The van der Waals surface area contributed by atoms with Crippen LogP contribution in [0.3, 0.4) is 0 Å². The maximum absolute atomic E-state index is 5.39. The van der Waals surface area contributed by atoms with E-state index in [-0.39, 0.29) is 0 Å². The number of ether oxygens (including phenoxy) is 1. The first kappa shape index (κ1) is 24.5. The van der Waals surface area contributed by atoms with Crippen LogP contribution in [0.25, 0.3) is 0 Å². The Morgan fingerprint density at radius 2 is 1.62 bits per heavy atom. The fourth-order valence-corrected chi connectivity index (χ4v) is 5.23. The van der Waals surface area contributed by atoms with Gasteiger partial charge < -0.3 is 20.7 Å². The molecule has 2 aliphatic rings. The number of hydrogen-bond donors (Lipinski definition) is 3. The molecule has 2 heterocycles. The lowest BCUT2D eigenvalue weighted by atomic mass is 10.0. The van der Waals surface area contributed by atoms with Crippen LogP contribution >= 0.6 is 0 Å². The fraction of sp³-hybridized carbons (Fsp3) is 0.654. The average Bonchev–Trinajstić information content (AvgIpc) is 3.14. The molecule has 186 valence electrons. The van der Waals surface area contributed by atoms with Gasteiger partial charge in [-0.05, 0) is 75.4 Å². The number of rotatable bonds is 10. The molecular formula is C26H41N7O. The Morgan fingerprint density at radius 3 is 2.29 bits per heavy atom. The van der Waals surface area contributed by atoms with Crippen molar-refractivity contribution in [2.45, 2.75) is 71.3 Å². The van der Waals surface area contributed by atoms with Crippen LogP contribution in [0.4, 0.5) is 23.5 Å². The second kappa shape index (κ2) is 12.2. The van der Waals surface area contributed by atoms with Gasteiger partial charge in [0.25, 0.3) is 0 Å². The Labute approximate surface area is 204 Å². The van der Waals surface area contributed by atoms with Crippen molar-refractivity contribution in [2.75, 3.05) is 49.2 Å². The number of aryl methyl sites for hydroxylation is 1. The van der Waals surface area contributed by atoms with E-state index in [1.165, 1.54) is 57.9 Å². The van der Waals surface area contributed by atoms with Gasteiger partial charge in [-0.1, -0.05) is 32.6 Å². The summed E-state index contributed by atoms with van der Waals surface area (Å²) in [7, 11) is 1.69. The van der Waals surface area contributed by atoms with Crippen LogP contribution in [0.2, 0.25) is 0 Å². The van der Waals surface area contributed by atoms with Crippen LogP contribution in [-0.2, 0) is 0 Å². The molecular weight excluding hydrogens is 426 g/mol. The molecule has 1 saturated heterocycles. The molecule has 2 aromatic rings. The highest BCUT2D eigenvalue weighted by molar-refractivity contribution is 5.58. The third-order valence-electron chi connectivity index (χ3n) is 7.21. The predicted octanol–water partition coefficient (Wildman–Crippen LogP) is 5.21. The normalized spacial score (nSPS) is 19.6. The maximum Gasteiger partial charge on any atom is 0.233 e. The zero-order valence-corrected chi connectivity index (χ0v) is 21.1. The Bertz CT molecular complexity index is 914. The molecule has 1 aliphatic heterocycles. The van der Waals surface area contributed by atoms with Crippen LogP contribution in [-0.4, -0.2) is 59.2 Å². The largest absolute Gasteiger partial charge is 0.496 e. The van der Waals surface area contributed by atoms with Gasteiger partial charge in [-0.25, -0.2) is 0 Å². The summed E-state index contributed by atoms with van der Waals surface area (Å²) in [4.78, 5) is 16.6. The summed E-state index contributed by atoms with van der Waals surface area (Å²) in [5.41, 5.74) is 1.99. The predicted molar refractivity (Wildman–Crippen MR) is 139 cm³/mol. The van der Waals surface area contributed by atoms with E-state index in [0.29, 0.717) is 29.8 Å². The molecule has 34 heavy (non-hydrogen) atoms. The van der Waals surface area contributed by atoms with E-state index in [9.17, 15) is 0 Å². The van der Waals surface area contributed by atoms with E-state index in [2.05, 4.69) is 32.8 Å². The minimum absolute atomic E-state index is 0.532. The summed E-state index contributed by atoms with van der Waals surface area (Å²) >= 11 is 0. The van der Waals surface area contributed by atoms with Crippen molar-refractivity contribution < 1.29 is 4.74 Å². The lowest BCUT2D eigenvalue weighted by Crippen LogP contribution is -2.35. The maximum atomic E-state index is 5.39. The van der Waals surface area contributed by atoms with Gasteiger partial charge in [0.1, 0.15) is 5.75 Å². The van der Waals surface area contributed by atoms with Crippen molar-refractivity contribution in [3.8, 4) is 5.75 Å². The second-order valence-corrected chi connectivity index (χ2v) is 9.66. The molecule has 2 fully saturated rings. The van der Waals surface area contributed by atoms with Crippen LogP contribution in [0.1, 0.15) is 63.9 Å². The van der Waals surface area contributed by atoms with Crippen molar-refractivity contribution in [3.05, 3.63) is 23.8 Å². The quantitative estimate of drug-likeness (QED) is 0.411. The molecule has 0 amide bonds. The lowest BCUT2D eigenvalue weighted by molar-refractivity contribution is 0.277. The number of hydrogen-bond acceptors (Lipinski definition) is 8. The van der Waals surface area contributed by atoms with Crippen LogP contribution < -0.4 is 20.7 Å². The van der Waals surface area contributed by atoms with Crippen molar-refractivity contribution in [1.82, 2.24) is 19.9 Å². The first-order chi connectivity index (χ1) is 16.6. The highest BCUT2D eigenvalue weighted by Gasteiger charge is 2.23. The van der Waals surface area contributed by atoms with Crippen LogP contribution in [0.15, 0.2) is 18.2 Å². The molecule has 0 radical (unpaired) electrons. The third-order valence-corrected chi connectivity index (χ3v) is 7.21. The van der Waals surface area contributed by atoms with Gasteiger partial charge in [-0.2, -0.15) is 15.0 Å². The number of aromatic nitrogens is 3. The number of methoxy groups -OCH3 is 1. The summed E-state index contributed by atoms with van der Waals surface area (Å²) < 4.78 is 5.39. The molecule has 1 unspecified atom stereocenters. The van der Waals surface area contributed by atoms with Gasteiger partial charge in [0.15, 0.2) is 0 Å². The number of anilines is 4. The number of likely N-dealkylation sites (N-methyl/N-ethyl adjacent to an activating group) is 1. The molecule has 1 aromatic heterocycles. The van der Waals surface area contributed by atoms with Gasteiger partial charge in [-0.15, -0.1) is 0 Å². The molecule has 0 bridgehead atoms. The standard InChI is InChI=1S/C26H41N7O/c1-4-33-15-9-12-22(33)18-28-25-30-24(27-17-20-10-7-5-6-8-11-20)31-26(32-25)29-21-13-14-23(34-3)19(2)16-21/h13-14,16,20,22H,4-12,15,17-18H2,1-3H3,(H3,27,28,29,30,31,32). The van der Waals surface area contributed by atoms with E-state index in [4.69, 9.17) is 14.7 Å². The monoisotopic (exact) mass is 467 g/mol. The molecule has 1 atom stereocenters. The highest BCUT2D eigenvalue weighted by Crippen LogP contribution is 2.25. The Morgan fingerprint density at radius 1 is 0.912 bits per heavy atom. The SMILES string of the molecule is CCN1CCCC1CNc1nc(NCC2CCCCCC2)nc(Nc2ccc(OC)c(C)c2)n1. The van der Waals surface area contributed by atoms with E-state index >= 15 is 0 Å². The summed E-state index contributed by atoms with van der Waals surface area (Å²) in [6.45, 7) is 8.29. The number of benzene rings is 1. The first-order valence-electron chi connectivity index (χ1n) is 13.0. The molecule has 1 aromatic carbocycles. The Hall–Kier alpha value is -2.61. The van der Waals surface area contributed by atoms with Crippen molar-refractivity contribution in [2.24, 2.45) is 5.92 Å². The van der Waals surface area contributed by atoms with Crippen LogP contribution in [0.5, 0.6) is 5.75 Å². The molecule has 0 spiro atoms. The zero-order chi connectivity index (χ0) is 23.8. The lowest BCUT2D eigenvalue weighted by Gasteiger charge is -2.23. The summed E-state index contributed by atoms with van der Waals surface area (Å²) in [6.07, 6.45) is 10.4. The van der Waals surface area contributed by atoms with Crippen molar-refractivity contribution >= 4 is 23.5 Å². The smallest absolute Gasteiger partial charge is 0.233 e. The number of nitrogens with zero attached hydrogens (tertiary/aromatic N) is 4. The molecule has 1 aliphatic carbocycles. The molecule has 3 N–H and O–H groups in total. The second-order valence-electron chi connectivity index (χ2n) is 9.66. The number of nitrogens with one attached hydrogen (secondary N) is 3. The summed E-state index contributed by atoms with van der Waals surface area (Å²) in [6, 6.07) is 6.53. The van der Waals surface area contributed by atoms with E-state index in [1.54, 1.807) is 7.11 Å². The van der Waals surface area contributed by atoms with Crippen LogP contribution in [0, 0.1) is 12.8 Å². The third kappa shape index (κ3) is 6.72. The van der Waals surface area contributed by atoms with Gasteiger partial charge in [0, 0.05) is 24.8 Å². The minimum Gasteiger partial charge on any atom is -0.496 e. The summed E-state index contributed by atoms with van der Waals surface area (Å²) in [5.74, 6) is 3.35. The van der Waals surface area contributed by atoms with E-state index < -0.39 is 0 Å². The van der Waals surface area contributed by atoms with Gasteiger partial charge >= 0.3 is 0 Å². The molecule has 4 rings (SSSR count). The first-order valence-corrected chi connectivity index (χ1v) is 13.0. The topological polar surface area (TPSA) is 87.2 Å². The van der Waals surface area contributed by atoms with Gasteiger partial charge in [0.05, 0.1) is 7.11 Å². The van der Waals surface area contributed by atoms with Gasteiger partial charge in [0.2, 0.25) is 17.8 Å². The average molecular weight is 468 g/mol. The Kier molecular flexibility index (Phi) is 8.79. The minimum atomic E-state index is 0.532. The number of likely N-dealkylation sites (tertiary alicyclic amines) is 1. The molecule has 8 heteroatoms. The van der Waals surface area contributed by atoms with Crippen molar-refractivity contribution in [1.29, 1.82) is 0 Å². The van der Waals surface area contributed by atoms with E-state index in [0.717, 1.165) is 36.6 Å². The Balaban J connectivity index is 1.48. The fourth-order valence-electron chi connectivity index (χ4n) is 5.23. The molecule has 8 nitrogen and oxygen atoms in total. The summed E-state index contributed by atoms with van der Waals surface area (Å²) in [5, 5.41) is 10.4. The van der Waals surface area contributed by atoms with E-state index in [1.807, 2.05) is 25.1 Å². The van der Waals surface area contributed by atoms with Gasteiger partial charge in [-0.3, -0.25) is 4.90 Å².